The second-order valence-electron chi connectivity index (χ2n) is 5.42. The zero-order valence-electron chi connectivity index (χ0n) is 12.4. The van der Waals surface area contributed by atoms with Crippen molar-refractivity contribution < 1.29 is 8.42 Å². The van der Waals surface area contributed by atoms with Crippen LogP contribution in [0, 0.1) is 6.92 Å². The van der Waals surface area contributed by atoms with Crippen LogP contribution in [0.5, 0.6) is 0 Å². The Morgan fingerprint density at radius 2 is 2.19 bits per heavy atom. The molecule has 2 aromatic rings. The van der Waals surface area contributed by atoms with E-state index in [9.17, 15) is 8.42 Å². The largest absolute Gasteiger partial charge is 0.314 e. The molecule has 1 aliphatic heterocycles. The zero-order chi connectivity index (χ0) is 15.2. The first kappa shape index (κ1) is 14.4. The van der Waals surface area contributed by atoms with Gasteiger partial charge in [0.25, 0.3) is 0 Å². The number of hydrogen-bond acceptors (Lipinski definition) is 5. The molecule has 7 nitrogen and oxygen atoms in total. The first-order chi connectivity index (χ1) is 9.91. The van der Waals surface area contributed by atoms with Gasteiger partial charge in [-0.05, 0) is 19.9 Å². The number of nitrogens with zero attached hydrogens (tertiary/aromatic N) is 4. The van der Waals surface area contributed by atoms with Gasteiger partial charge >= 0.3 is 0 Å². The molecule has 0 spiro atoms. The SMILES string of the molecule is Cc1nn(C)c2ncc(S(=O)(=O)N3CCNCC3C)cc12. The Kier molecular flexibility index (Phi) is 3.46. The first-order valence-electron chi connectivity index (χ1n) is 6.93. The predicted molar refractivity (Wildman–Crippen MR) is 79.5 cm³/mol. The summed E-state index contributed by atoms with van der Waals surface area (Å²) >= 11 is 0. The van der Waals surface area contributed by atoms with E-state index >= 15 is 0 Å². The third kappa shape index (κ3) is 2.33. The number of nitrogens with one attached hydrogen (secondary N) is 1. The summed E-state index contributed by atoms with van der Waals surface area (Å²) in [6.45, 7) is 5.58. The predicted octanol–water partition coefficient (Wildman–Crippen LogP) is 0.259. The van der Waals surface area contributed by atoms with Crippen LogP contribution in [0.3, 0.4) is 0 Å². The highest BCUT2D eigenvalue weighted by Crippen LogP contribution is 2.23. The van der Waals surface area contributed by atoms with Crippen LogP contribution in [0.4, 0.5) is 0 Å². The van der Waals surface area contributed by atoms with Crippen molar-refractivity contribution in [2.24, 2.45) is 7.05 Å². The van der Waals surface area contributed by atoms with Crippen LogP contribution in [0.1, 0.15) is 12.6 Å². The van der Waals surface area contributed by atoms with Gasteiger partial charge in [0.2, 0.25) is 10.0 Å². The van der Waals surface area contributed by atoms with Gasteiger partial charge in [0.05, 0.1) is 5.69 Å². The maximum absolute atomic E-state index is 12.8. The van der Waals surface area contributed by atoms with Crippen LogP contribution < -0.4 is 5.32 Å². The highest BCUT2D eigenvalue weighted by molar-refractivity contribution is 7.89. The lowest BCUT2D eigenvalue weighted by Gasteiger charge is -2.32. The number of fused-ring (bicyclic) bond motifs is 1. The minimum absolute atomic E-state index is 0.0607. The van der Waals surface area contributed by atoms with Gasteiger partial charge in [-0.25, -0.2) is 13.4 Å². The third-order valence-electron chi connectivity index (χ3n) is 3.88. The first-order valence-corrected chi connectivity index (χ1v) is 8.37. The van der Waals surface area contributed by atoms with E-state index < -0.39 is 10.0 Å². The zero-order valence-corrected chi connectivity index (χ0v) is 13.2. The quantitative estimate of drug-likeness (QED) is 0.861. The number of aromatic nitrogens is 3. The third-order valence-corrected chi connectivity index (χ3v) is 5.86. The Hall–Kier alpha value is -1.51. The van der Waals surface area contributed by atoms with Crippen LogP contribution in [0.2, 0.25) is 0 Å². The van der Waals surface area contributed by atoms with Crippen molar-refractivity contribution in [3.8, 4) is 0 Å². The maximum Gasteiger partial charge on any atom is 0.244 e. The van der Waals surface area contributed by atoms with E-state index in [1.807, 2.05) is 13.8 Å². The van der Waals surface area contributed by atoms with Gasteiger partial charge in [-0.15, -0.1) is 0 Å². The Morgan fingerprint density at radius 1 is 1.43 bits per heavy atom. The summed E-state index contributed by atoms with van der Waals surface area (Å²) in [4.78, 5) is 4.50. The summed E-state index contributed by atoms with van der Waals surface area (Å²) in [6.07, 6.45) is 1.42. The van der Waals surface area contributed by atoms with Gasteiger partial charge in [0, 0.05) is 44.3 Å². The maximum atomic E-state index is 12.8. The minimum Gasteiger partial charge on any atom is -0.314 e. The van der Waals surface area contributed by atoms with E-state index in [1.165, 1.54) is 10.5 Å². The fourth-order valence-corrected chi connectivity index (χ4v) is 4.35. The van der Waals surface area contributed by atoms with E-state index in [1.54, 1.807) is 17.8 Å². The Labute approximate surface area is 124 Å². The molecule has 0 saturated carbocycles. The normalized spacial score (nSPS) is 21.0. The van der Waals surface area contributed by atoms with Gasteiger partial charge < -0.3 is 5.32 Å². The van der Waals surface area contributed by atoms with E-state index in [-0.39, 0.29) is 10.9 Å². The number of hydrogen-bond donors (Lipinski definition) is 1. The Balaban J connectivity index is 2.08. The number of sulfonamides is 1. The molecular weight excluding hydrogens is 290 g/mol. The summed E-state index contributed by atoms with van der Waals surface area (Å²) in [5, 5.41) is 8.25. The van der Waals surface area contributed by atoms with E-state index in [4.69, 9.17) is 0 Å². The average Bonchev–Trinajstić information content (AvgIpc) is 2.74. The lowest BCUT2D eigenvalue weighted by atomic mass is 10.3. The van der Waals surface area contributed by atoms with E-state index in [2.05, 4.69) is 15.4 Å². The molecule has 2 aromatic heterocycles. The molecular formula is C13H19N5O2S. The molecule has 0 aliphatic carbocycles. The molecule has 1 unspecified atom stereocenters. The van der Waals surface area contributed by atoms with Crippen molar-refractivity contribution in [2.75, 3.05) is 19.6 Å². The number of aryl methyl sites for hydroxylation is 2. The number of piperazine rings is 1. The number of rotatable bonds is 2. The van der Waals surface area contributed by atoms with Gasteiger partial charge in [-0.3, -0.25) is 4.68 Å². The smallest absolute Gasteiger partial charge is 0.244 e. The Morgan fingerprint density at radius 3 is 2.90 bits per heavy atom. The lowest BCUT2D eigenvalue weighted by Crippen LogP contribution is -2.52. The summed E-state index contributed by atoms with van der Waals surface area (Å²) < 4.78 is 28.8. The van der Waals surface area contributed by atoms with Crippen molar-refractivity contribution >= 4 is 21.1 Å². The van der Waals surface area contributed by atoms with Crippen molar-refractivity contribution in [2.45, 2.75) is 24.8 Å². The van der Waals surface area contributed by atoms with Crippen molar-refractivity contribution in [1.29, 1.82) is 0 Å². The van der Waals surface area contributed by atoms with Gasteiger partial charge in [0.1, 0.15) is 4.90 Å². The molecule has 0 radical (unpaired) electrons. The highest BCUT2D eigenvalue weighted by atomic mass is 32.2. The van der Waals surface area contributed by atoms with Gasteiger partial charge in [-0.1, -0.05) is 0 Å². The van der Waals surface area contributed by atoms with Crippen LogP contribution in [-0.4, -0.2) is 53.2 Å². The molecule has 3 rings (SSSR count). The summed E-state index contributed by atoms with van der Waals surface area (Å²) in [5.41, 5.74) is 1.48. The molecule has 0 amide bonds. The fraction of sp³-hybridized carbons (Fsp3) is 0.538. The summed E-state index contributed by atoms with van der Waals surface area (Å²) in [6, 6.07) is 1.61. The summed E-state index contributed by atoms with van der Waals surface area (Å²) in [5.74, 6) is 0. The molecule has 114 valence electrons. The van der Waals surface area contributed by atoms with Crippen LogP contribution in [0.25, 0.3) is 11.0 Å². The van der Waals surface area contributed by atoms with Crippen molar-refractivity contribution in [3.63, 3.8) is 0 Å². The molecule has 1 saturated heterocycles. The lowest BCUT2D eigenvalue weighted by molar-refractivity contribution is 0.284. The highest BCUT2D eigenvalue weighted by Gasteiger charge is 2.31. The molecule has 0 bridgehead atoms. The van der Waals surface area contributed by atoms with E-state index in [0.29, 0.717) is 25.3 Å². The average molecular weight is 309 g/mol. The van der Waals surface area contributed by atoms with Crippen LogP contribution in [-0.2, 0) is 17.1 Å². The molecule has 1 atom stereocenters. The monoisotopic (exact) mass is 309 g/mol. The van der Waals surface area contributed by atoms with Crippen LogP contribution >= 0.6 is 0 Å². The van der Waals surface area contributed by atoms with Crippen molar-refractivity contribution in [3.05, 3.63) is 18.0 Å². The van der Waals surface area contributed by atoms with Crippen molar-refractivity contribution in [1.82, 2.24) is 24.4 Å². The topological polar surface area (TPSA) is 80.1 Å². The molecule has 0 aromatic carbocycles. The standard InChI is InChI=1S/C13H19N5O2S/c1-9-7-14-4-5-18(9)21(19,20)11-6-12-10(2)16-17(3)13(12)15-8-11/h6,8-9,14H,4-5,7H2,1-3H3. The minimum atomic E-state index is -3.52. The molecule has 3 heterocycles. The number of pyridine rings is 1. The fourth-order valence-electron chi connectivity index (χ4n) is 2.74. The molecule has 1 aliphatic rings. The second-order valence-corrected chi connectivity index (χ2v) is 7.31. The molecule has 8 heteroatoms. The molecule has 21 heavy (non-hydrogen) atoms. The molecule has 1 fully saturated rings. The Bertz CT molecular complexity index is 783. The summed E-state index contributed by atoms with van der Waals surface area (Å²) in [7, 11) is -1.72. The molecule has 1 N–H and O–H groups in total. The van der Waals surface area contributed by atoms with Crippen LogP contribution in [0.15, 0.2) is 17.2 Å². The second kappa shape index (κ2) is 5.04. The van der Waals surface area contributed by atoms with Gasteiger partial charge in [-0.2, -0.15) is 9.40 Å². The van der Waals surface area contributed by atoms with Gasteiger partial charge in [0.15, 0.2) is 5.65 Å². The van der Waals surface area contributed by atoms with E-state index in [0.717, 1.165) is 11.1 Å².